The van der Waals surface area contributed by atoms with Crippen molar-refractivity contribution in [3.63, 3.8) is 0 Å². The van der Waals surface area contributed by atoms with E-state index in [-0.39, 0.29) is 0 Å². The number of rotatable bonds is 4. The van der Waals surface area contributed by atoms with Crippen molar-refractivity contribution in [1.29, 1.82) is 0 Å². The monoisotopic (exact) mass is 514 g/mol. The normalized spacial score (nSPS) is 10.6. The minimum atomic E-state index is 1.05. The Morgan fingerprint density at radius 3 is 1.79 bits per heavy atom. The van der Waals surface area contributed by atoms with E-state index < -0.39 is 0 Å². The molecule has 34 heavy (non-hydrogen) atoms. The summed E-state index contributed by atoms with van der Waals surface area (Å²) < 4.78 is 1.60. The zero-order valence-electron chi connectivity index (χ0n) is 19.3. The first-order valence-electron chi connectivity index (χ1n) is 11.7. The van der Waals surface area contributed by atoms with E-state index in [1.807, 2.05) is 36.4 Å². The van der Waals surface area contributed by atoms with Gasteiger partial charge in [0, 0.05) is 0 Å². The summed E-state index contributed by atoms with van der Waals surface area (Å²) in [6.07, 6.45) is 3.29. The molecule has 0 aliphatic heterocycles. The molecule has 0 heterocycles. The van der Waals surface area contributed by atoms with Gasteiger partial charge in [-0.1, -0.05) is 35.4 Å². The number of hydrogen-bond donors (Lipinski definition) is 0. The van der Waals surface area contributed by atoms with E-state index in [2.05, 4.69) is 103 Å². The first kappa shape index (κ1) is 24.1. The first-order valence-corrected chi connectivity index (χ1v) is 12.9. The maximum absolute atomic E-state index is 3.30. The second-order valence-electron chi connectivity index (χ2n) is 8.29. The maximum Gasteiger partial charge on any atom is -0.0253 e. The van der Waals surface area contributed by atoms with Gasteiger partial charge in [0.05, 0.1) is 0 Å². The third-order valence-electron chi connectivity index (χ3n) is 5.69. The van der Waals surface area contributed by atoms with Crippen molar-refractivity contribution >= 4 is 3.21 Å². The maximum atomic E-state index is 3.30. The summed E-state index contributed by atoms with van der Waals surface area (Å²) >= 11 is 1.55. The van der Waals surface area contributed by atoms with E-state index in [1.54, 1.807) is 27.4 Å². The van der Waals surface area contributed by atoms with Crippen LogP contribution in [0.25, 0.3) is 11.1 Å². The summed E-state index contributed by atoms with van der Waals surface area (Å²) in [4.78, 5) is 0. The van der Waals surface area contributed by atoms with Crippen molar-refractivity contribution in [1.82, 2.24) is 0 Å². The van der Waals surface area contributed by atoms with Gasteiger partial charge in [-0.05, 0) is 6.42 Å². The van der Waals surface area contributed by atoms with E-state index in [0.717, 1.165) is 19.3 Å². The average molecular weight is 516 g/mol. The van der Waals surface area contributed by atoms with E-state index in [1.165, 1.54) is 33.4 Å². The molecule has 0 aromatic heterocycles. The van der Waals surface area contributed by atoms with E-state index in [4.69, 9.17) is 0 Å². The molecule has 0 radical (unpaired) electrons. The quantitative estimate of drug-likeness (QED) is 0.212. The molecule has 1 aliphatic carbocycles. The van der Waals surface area contributed by atoms with Crippen LogP contribution in [0, 0.1) is 6.07 Å². The van der Waals surface area contributed by atoms with Crippen LogP contribution in [-0.4, -0.2) is 3.21 Å². The summed E-state index contributed by atoms with van der Waals surface area (Å²) in [7, 11) is 0. The van der Waals surface area contributed by atoms with Crippen molar-refractivity contribution in [2.45, 2.75) is 19.3 Å². The molecule has 0 unspecified atom stereocenters. The van der Waals surface area contributed by atoms with Crippen molar-refractivity contribution in [2.24, 2.45) is 0 Å². The summed E-state index contributed by atoms with van der Waals surface area (Å²) in [5, 5.41) is 0. The molecule has 0 saturated carbocycles. The van der Waals surface area contributed by atoms with Crippen LogP contribution >= 0.6 is 0 Å². The van der Waals surface area contributed by atoms with Gasteiger partial charge in [0.1, 0.15) is 0 Å². The third kappa shape index (κ3) is 7.24. The fourth-order valence-corrected chi connectivity index (χ4v) is 5.07. The molecular weight excluding hydrogens is 488 g/mol. The fourth-order valence-electron chi connectivity index (χ4n) is 4.07. The van der Waals surface area contributed by atoms with Crippen LogP contribution < -0.4 is 0 Å². The Morgan fingerprint density at radius 1 is 0.647 bits per heavy atom. The molecule has 5 aromatic rings. The molecule has 0 amide bonds. The summed E-state index contributed by atoms with van der Waals surface area (Å²) in [5.74, 6) is 0. The summed E-state index contributed by atoms with van der Waals surface area (Å²) in [6, 6.07) is 49.5. The van der Waals surface area contributed by atoms with Gasteiger partial charge in [-0.3, -0.25) is 0 Å². The number of fused-ring (bicyclic) bond motifs is 3. The molecule has 1 aliphatic rings. The van der Waals surface area contributed by atoms with Crippen LogP contribution in [0.3, 0.4) is 0 Å². The predicted molar refractivity (Wildman–Crippen MR) is 141 cm³/mol. The standard InChI is InChI=1S/C15H14.C13H9.C5H5.Zr/c1-3-8-14(9-4-1)12-7-13-15-10-5-2-6-11-15;1-3-7-12-10(5-1)9-11-6-2-4-8-13(11)12;1-2-4-5-3-1;/h1-6,8-11H,12-13H2;1-5,7-8H,9H2;1-5H;/q;2*-1;+2. The van der Waals surface area contributed by atoms with Crippen LogP contribution in [0.4, 0.5) is 0 Å². The van der Waals surface area contributed by atoms with Crippen LogP contribution in [0.15, 0.2) is 133 Å². The van der Waals surface area contributed by atoms with Crippen LogP contribution in [0.2, 0.25) is 0 Å². The van der Waals surface area contributed by atoms with Gasteiger partial charge in [-0.25, -0.2) is 12.1 Å². The molecule has 0 N–H and O–H groups in total. The van der Waals surface area contributed by atoms with Gasteiger partial charge in [0.2, 0.25) is 0 Å². The van der Waals surface area contributed by atoms with Crippen LogP contribution in [0.1, 0.15) is 22.3 Å². The average Bonchev–Trinajstić information content (AvgIpc) is 3.58. The SMILES string of the molecule is [Zr+2]=[C](Cc1ccccc1)Cc1ccccc1.[c-]1cccc2c1Cc1ccccc1-2.c1cc[cH-]c1. The molecule has 1 heteroatoms. The molecule has 0 atom stereocenters. The molecule has 0 saturated heterocycles. The second-order valence-corrected chi connectivity index (χ2v) is 10.0. The minimum Gasteiger partial charge on any atom is -0.214 e. The van der Waals surface area contributed by atoms with Gasteiger partial charge in [0.15, 0.2) is 0 Å². The number of benzene rings is 4. The number of hydrogen-bond acceptors (Lipinski definition) is 0. The zero-order chi connectivity index (χ0) is 23.4. The Balaban J connectivity index is 0.000000136. The van der Waals surface area contributed by atoms with Crippen molar-refractivity contribution in [3.8, 4) is 11.1 Å². The van der Waals surface area contributed by atoms with Crippen LogP contribution in [-0.2, 0) is 43.5 Å². The Morgan fingerprint density at radius 2 is 1.21 bits per heavy atom. The van der Waals surface area contributed by atoms with E-state index in [0.29, 0.717) is 0 Å². The molecule has 164 valence electrons. The molecule has 0 spiro atoms. The smallest absolute Gasteiger partial charge is 0.0253 e. The van der Waals surface area contributed by atoms with Crippen molar-refractivity contribution in [2.75, 3.05) is 0 Å². The van der Waals surface area contributed by atoms with E-state index in [9.17, 15) is 0 Å². The van der Waals surface area contributed by atoms with E-state index >= 15 is 0 Å². The van der Waals surface area contributed by atoms with Crippen LogP contribution in [0.5, 0.6) is 0 Å². The molecule has 0 fully saturated rings. The zero-order valence-corrected chi connectivity index (χ0v) is 21.8. The largest absolute Gasteiger partial charge is 0.214 e. The Labute approximate surface area is 218 Å². The first-order chi connectivity index (χ1) is 16.8. The molecule has 0 bridgehead atoms. The summed E-state index contributed by atoms with van der Waals surface area (Å²) in [5.41, 5.74) is 8.35. The summed E-state index contributed by atoms with van der Waals surface area (Å²) in [6.45, 7) is 0. The molecule has 6 rings (SSSR count). The van der Waals surface area contributed by atoms with Gasteiger partial charge >= 0.3 is 112 Å². The molecule has 0 nitrogen and oxygen atoms in total. The molecular formula is C33H28Zr. The Hall–Kier alpha value is -3.02. The van der Waals surface area contributed by atoms with Gasteiger partial charge in [-0.2, -0.15) is 48.0 Å². The van der Waals surface area contributed by atoms with Gasteiger partial charge < -0.3 is 0 Å². The fraction of sp³-hybridized carbons (Fsp3) is 0.0909. The third-order valence-corrected chi connectivity index (χ3v) is 6.56. The second kappa shape index (κ2) is 13.0. The topological polar surface area (TPSA) is 0 Å². The molecule has 5 aromatic carbocycles. The van der Waals surface area contributed by atoms with Gasteiger partial charge in [-0.15, -0.1) is 5.56 Å². The Kier molecular flexibility index (Phi) is 9.24. The van der Waals surface area contributed by atoms with Gasteiger partial charge in [0.25, 0.3) is 0 Å². The van der Waals surface area contributed by atoms with Crippen molar-refractivity contribution < 1.29 is 24.2 Å². The minimum absolute atomic E-state index is 1.05. The Bertz CT molecular complexity index is 1160. The predicted octanol–water partition coefficient (Wildman–Crippen LogP) is 7.65. The van der Waals surface area contributed by atoms with Crippen molar-refractivity contribution in [3.05, 3.63) is 162 Å².